The normalized spacial score (nSPS) is 12.4. The molecule has 1 atom stereocenters. The number of aliphatic hydroxyl groups excluding tert-OH is 1. The number of benzene rings is 1. The fourth-order valence-corrected chi connectivity index (χ4v) is 1.99. The summed E-state index contributed by atoms with van der Waals surface area (Å²) >= 11 is 0. The van der Waals surface area contributed by atoms with Crippen LogP contribution in [0.4, 0.5) is 0 Å². The van der Waals surface area contributed by atoms with Gasteiger partial charge >= 0.3 is 0 Å². The Morgan fingerprint density at radius 1 is 1.21 bits per heavy atom. The topological polar surface area (TPSA) is 67.5 Å². The Kier molecular flexibility index (Phi) is 8.21. The van der Waals surface area contributed by atoms with Crippen molar-refractivity contribution in [2.24, 2.45) is 5.73 Å². The van der Waals surface area contributed by atoms with Gasteiger partial charge in [-0.3, -0.25) is 0 Å². The minimum Gasteiger partial charge on any atom is -0.494 e. The molecule has 0 aliphatic rings. The molecule has 0 fully saturated rings. The average molecular weight is 266 g/mol. The van der Waals surface area contributed by atoms with Crippen LogP contribution in [0, 0.1) is 0 Å². The van der Waals surface area contributed by atoms with Crippen LogP contribution in [0.1, 0.15) is 37.8 Å². The summed E-state index contributed by atoms with van der Waals surface area (Å²) in [6.07, 6.45) is 2.98. The molecule has 1 rings (SSSR count). The lowest BCUT2D eigenvalue weighted by Gasteiger charge is -2.17. The highest BCUT2D eigenvalue weighted by atomic mass is 16.5. The second kappa shape index (κ2) is 9.78. The smallest absolute Gasteiger partial charge is 0.119 e. The molecule has 0 saturated heterocycles. The van der Waals surface area contributed by atoms with Crippen molar-refractivity contribution in [1.29, 1.82) is 0 Å². The van der Waals surface area contributed by atoms with Gasteiger partial charge in [0.25, 0.3) is 0 Å². The Bertz CT molecular complexity index is 327. The Hall–Kier alpha value is -1.10. The minimum atomic E-state index is 0.185. The van der Waals surface area contributed by atoms with E-state index in [1.165, 1.54) is 5.56 Å². The third-order valence-corrected chi connectivity index (χ3v) is 3.05. The van der Waals surface area contributed by atoms with Gasteiger partial charge in [0.15, 0.2) is 0 Å². The number of unbranched alkanes of at least 4 members (excludes halogenated alkanes) is 2. The summed E-state index contributed by atoms with van der Waals surface area (Å²) in [6.45, 7) is 4.44. The second-order valence-electron chi connectivity index (χ2n) is 4.53. The van der Waals surface area contributed by atoms with E-state index < -0.39 is 0 Å². The third-order valence-electron chi connectivity index (χ3n) is 3.05. The van der Waals surface area contributed by atoms with Gasteiger partial charge in [0, 0.05) is 19.2 Å². The van der Waals surface area contributed by atoms with Gasteiger partial charge < -0.3 is 20.9 Å². The minimum absolute atomic E-state index is 0.185. The quantitative estimate of drug-likeness (QED) is 0.565. The molecule has 1 unspecified atom stereocenters. The third kappa shape index (κ3) is 6.05. The van der Waals surface area contributed by atoms with Crippen molar-refractivity contribution >= 4 is 0 Å². The fraction of sp³-hybridized carbons (Fsp3) is 0.600. The zero-order valence-electron chi connectivity index (χ0n) is 11.8. The summed E-state index contributed by atoms with van der Waals surface area (Å²) in [6, 6.07) is 8.26. The van der Waals surface area contributed by atoms with Gasteiger partial charge in [0.1, 0.15) is 5.75 Å². The van der Waals surface area contributed by atoms with E-state index in [4.69, 9.17) is 15.6 Å². The van der Waals surface area contributed by atoms with E-state index in [1.807, 2.05) is 19.1 Å². The number of aliphatic hydroxyl groups is 1. The summed E-state index contributed by atoms with van der Waals surface area (Å²) in [5.74, 6) is 0.893. The van der Waals surface area contributed by atoms with Gasteiger partial charge in [-0.2, -0.15) is 0 Å². The van der Waals surface area contributed by atoms with Crippen LogP contribution in [0.15, 0.2) is 24.3 Å². The maximum atomic E-state index is 8.72. The molecule has 4 heteroatoms. The number of ether oxygens (including phenoxy) is 1. The number of hydrogen-bond acceptors (Lipinski definition) is 4. The molecular formula is C15H26N2O2. The molecule has 4 N–H and O–H groups in total. The SMILES string of the molecule is CCOc1ccc(C(CN)NCCCCCO)cc1. The van der Waals surface area contributed by atoms with Crippen molar-refractivity contribution in [3.63, 3.8) is 0 Å². The number of nitrogens with two attached hydrogens (primary N) is 1. The Balaban J connectivity index is 2.40. The first-order valence-corrected chi connectivity index (χ1v) is 7.08. The molecule has 0 aliphatic carbocycles. The molecule has 4 nitrogen and oxygen atoms in total. The van der Waals surface area contributed by atoms with E-state index in [-0.39, 0.29) is 12.6 Å². The second-order valence-corrected chi connectivity index (χ2v) is 4.53. The maximum absolute atomic E-state index is 8.72. The molecule has 0 aliphatic heterocycles. The largest absolute Gasteiger partial charge is 0.494 e. The first-order valence-electron chi connectivity index (χ1n) is 7.08. The molecule has 0 heterocycles. The monoisotopic (exact) mass is 266 g/mol. The number of hydrogen-bond donors (Lipinski definition) is 3. The van der Waals surface area contributed by atoms with E-state index in [0.717, 1.165) is 31.6 Å². The molecule has 19 heavy (non-hydrogen) atoms. The van der Waals surface area contributed by atoms with E-state index >= 15 is 0 Å². The predicted octanol–water partition coefficient (Wildman–Crippen LogP) is 1.84. The maximum Gasteiger partial charge on any atom is 0.119 e. The summed E-state index contributed by atoms with van der Waals surface area (Å²) in [5.41, 5.74) is 7.00. The van der Waals surface area contributed by atoms with Crippen LogP contribution in [0.25, 0.3) is 0 Å². The molecule has 0 amide bonds. The zero-order chi connectivity index (χ0) is 13.9. The van der Waals surface area contributed by atoms with E-state index in [9.17, 15) is 0 Å². The van der Waals surface area contributed by atoms with Gasteiger partial charge in [-0.05, 0) is 50.4 Å². The van der Waals surface area contributed by atoms with Gasteiger partial charge in [-0.25, -0.2) is 0 Å². The van der Waals surface area contributed by atoms with Gasteiger partial charge in [-0.15, -0.1) is 0 Å². The van der Waals surface area contributed by atoms with E-state index in [1.54, 1.807) is 0 Å². The summed E-state index contributed by atoms with van der Waals surface area (Å²) in [4.78, 5) is 0. The highest BCUT2D eigenvalue weighted by Gasteiger charge is 2.08. The van der Waals surface area contributed by atoms with Gasteiger partial charge in [0.05, 0.1) is 6.61 Å². The lowest BCUT2D eigenvalue weighted by atomic mass is 10.1. The fourth-order valence-electron chi connectivity index (χ4n) is 1.99. The van der Waals surface area contributed by atoms with E-state index in [0.29, 0.717) is 13.2 Å². The molecule has 0 saturated carbocycles. The first-order chi connectivity index (χ1) is 9.31. The van der Waals surface area contributed by atoms with Crippen LogP contribution in [0.3, 0.4) is 0 Å². The average Bonchev–Trinajstić information content (AvgIpc) is 2.44. The first kappa shape index (κ1) is 16.0. The van der Waals surface area contributed by atoms with Gasteiger partial charge in [-0.1, -0.05) is 12.1 Å². The molecule has 0 spiro atoms. The Labute approximate surface area is 116 Å². The predicted molar refractivity (Wildman–Crippen MR) is 78.3 cm³/mol. The molecule has 108 valence electrons. The molecule has 0 bridgehead atoms. The summed E-state index contributed by atoms with van der Waals surface area (Å²) < 4.78 is 5.42. The van der Waals surface area contributed by atoms with Crippen LogP contribution in [0.2, 0.25) is 0 Å². The summed E-state index contributed by atoms with van der Waals surface area (Å²) in [7, 11) is 0. The number of nitrogens with one attached hydrogen (secondary N) is 1. The van der Waals surface area contributed by atoms with Crippen molar-refractivity contribution in [2.45, 2.75) is 32.2 Å². The molecule has 1 aromatic carbocycles. The van der Waals surface area contributed by atoms with Crippen LogP contribution < -0.4 is 15.8 Å². The standard InChI is InChI=1S/C15H26N2O2/c1-2-19-14-8-6-13(7-9-14)15(12-16)17-10-4-3-5-11-18/h6-9,15,17-18H,2-5,10-12,16H2,1H3. The molecular weight excluding hydrogens is 240 g/mol. The molecule has 0 aromatic heterocycles. The van der Waals surface area contributed by atoms with Crippen molar-refractivity contribution in [2.75, 3.05) is 26.3 Å². The van der Waals surface area contributed by atoms with Crippen molar-refractivity contribution in [3.05, 3.63) is 29.8 Å². The molecule has 0 radical (unpaired) electrons. The zero-order valence-corrected chi connectivity index (χ0v) is 11.8. The van der Waals surface area contributed by atoms with Gasteiger partial charge in [0.2, 0.25) is 0 Å². The highest BCUT2D eigenvalue weighted by molar-refractivity contribution is 5.29. The van der Waals surface area contributed by atoms with Crippen molar-refractivity contribution < 1.29 is 9.84 Å². The van der Waals surface area contributed by atoms with Crippen LogP contribution in [-0.2, 0) is 0 Å². The Morgan fingerprint density at radius 3 is 2.53 bits per heavy atom. The summed E-state index contributed by atoms with van der Waals surface area (Å²) in [5, 5.41) is 12.2. The van der Waals surface area contributed by atoms with Crippen molar-refractivity contribution in [3.8, 4) is 5.75 Å². The van der Waals surface area contributed by atoms with E-state index in [2.05, 4.69) is 17.4 Å². The van der Waals surface area contributed by atoms with Crippen LogP contribution >= 0.6 is 0 Å². The molecule has 1 aromatic rings. The van der Waals surface area contributed by atoms with Crippen LogP contribution in [0.5, 0.6) is 5.75 Å². The Morgan fingerprint density at radius 2 is 1.95 bits per heavy atom. The van der Waals surface area contributed by atoms with Crippen LogP contribution in [-0.4, -0.2) is 31.4 Å². The number of rotatable bonds is 10. The van der Waals surface area contributed by atoms with Crippen molar-refractivity contribution in [1.82, 2.24) is 5.32 Å². The highest BCUT2D eigenvalue weighted by Crippen LogP contribution is 2.17. The lowest BCUT2D eigenvalue weighted by molar-refractivity contribution is 0.282. The lowest BCUT2D eigenvalue weighted by Crippen LogP contribution is -2.29.